The average molecular weight is 208 g/mol. The largest absolute Gasteiger partial charge is 0.388 e. The highest BCUT2D eigenvalue weighted by atomic mass is 14.8. The van der Waals surface area contributed by atoms with E-state index in [0.29, 0.717) is 0 Å². The molecule has 0 fully saturated rings. The van der Waals surface area contributed by atoms with Crippen LogP contribution in [0.4, 0.5) is 5.69 Å². The average Bonchev–Trinajstić information content (AvgIpc) is 2.32. The van der Waals surface area contributed by atoms with Gasteiger partial charge >= 0.3 is 0 Å². The number of hydrogen-bond acceptors (Lipinski definition) is 2. The van der Waals surface area contributed by atoms with Gasteiger partial charge < -0.3 is 11.1 Å². The Balaban J connectivity index is 0.000000265. The Morgan fingerprint density at radius 1 is 1.07 bits per heavy atom. The number of nitrogens with one attached hydrogen (secondary N) is 1. The number of nitrogens with two attached hydrogens (primary N) is 1. The molecular weight excluding hydrogens is 184 g/mol. The van der Waals surface area contributed by atoms with Gasteiger partial charge in [0.2, 0.25) is 0 Å². The minimum absolute atomic E-state index is 0.861. The fourth-order valence-corrected chi connectivity index (χ4v) is 1.18. The molecule has 0 atom stereocenters. The lowest BCUT2D eigenvalue weighted by molar-refractivity contribution is 0.674. The summed E-state index contributed by atoms with van der Waals surface area (Å²) in [6.45, 7) is 3.07. The van der Waals surface area contributed by atoms with Gasteiger partial charge in [0.05, 0.1) is 0 Å². The zero-order valence-electron chi connectivity index (χ0n) is 10.00. The van der Waals surface area contributed by atoms with E-state index >= 15 is 0 Å². The first-order chi connectivity index (χ1) is 7.35. The van der Waals surface area contributed by atoms with Gasteiger partial charge in [0.15, 0.2) is 0 Å². The van der Waals surface area contributed by atoms with Crippen LogP contribution in [0, 0.1) is 0 Å². The van der Waals surface area contributed by atoms with E-state index < -0.39 is 0 Å². The van der Waals surface area contributed by atoms with Crippen LogP contribution in [-0.4, -0.2) is 13.6 Å². The van der Waals surface area contributed by atoms with Gasteiger partial charge in [-0.25, -0.2) is 0 Å². The van der Waals surface area contributed by atoms with Crippen LogP contribution >= 0.6 is 0 Å². The van der Waals surface area contributed by atoms with Crippen molar-refractivity contribution in [2.45, 2.75) is 32.6 Å². The Kier molecular flexibility index (Phi) is 10.3. The summed E-state index contributed by atoms with van der Waals surface area (Å²) in [5.41, 5.74) is 6.43. The smallest absolute Gasteiger partial charge is 0.0337 e. The number of rotatable bonds is 5. The quantitative estimate of drug-likeness (QED) is 0.729. The third-order valence-electron chi connectivity index (χ3n) is 2.12. The molecule has 1 aromatic rings. The van der Waals surface area contributed by atoms with Gasteiger partial charge in [-0.3, -0.25) is 0 Å². The van der Waals surface area contributed by atoms with Crippen molar-refractivity contribution in [3.8, 4) is 0 Å². The Morgan fingerprint density at radius 3 is 2.13 bits per heavy atom. The first-order valence-electron chi connectivity index (χ1n) is 5.78. The second kappa shape index (κ2) is 11.1. The molecule has 0 aliphatic carbocycles. The van der Waals surface area contributed by atoms with E-state index in [1.54, 1.807) is 0 Å². The SMILES string of the molecule is CCCCCCN.CNc1ccccc1. The molecule has 0 saturated carbocycles. The topological polar surface area (TPSA) is 38.0 Å². The van der Waals surface area contributed by atoms with Crippen molar-refractivity contribution >= 4 is 5.69 Å². The molecule has 0 aliphatic rings. The Labute approximate surface area is 93.9 Å². The highest BCUT2D eigenvalue weighted by Gasteiger charge is 1.80. The van der Waals surface area contributed by atoms with E-state index in [4.69, 9.17) is 5.73 Å². The summed E-state index contributed by atoms with van der Waals surface area (Å²) in [5, 5.41) is 3.03. The molecule has 0 bridgehead atoms. The van der Waals surface area contributed by atoms with Crippen molar-refractivity contribution in [1.29, 1.82) is 0 Å². The van der Waals surface area contributed by atoms with Crippen molar-refractivity contribution in [2.75, 3.05) is 18.9 Å². The molecular formula is C13H24N2. The number of para-hydroxylation sites is 1. The van der Waals surface area contributed by atoms with Crippen molar-refractivity contribution < 1.29 is 0 Å². The third-order valence-corrected chi connectivity index (χ3v) is 2.12. The minimum Gasteiger partial charge on any atom is -0.388 e. The molecule has 0 heterocycles. The van der Waals surface area contributed by atoms with Crippen LogP contribution < -0.4 is 11.1 Å². The summed E-state index contributed by atoms with van der Waals surface area (Å²) in [6.07, 6.45) is 5.16. The monoisotopic (exact) mass is 208 g/mol. The lowest BCUT2D eigenvalue weighted by atomic mass is 10.2. The van der Waals surface area contributed by atoms with E-state index in [-0.39, 0.29) is 0 Å². The zero-order chi connectivity index (χ0) is 11.4. The molecule has 2 nitrogen and oxygen atoms in total. The van der Waals surface area contributed by atoms with Crippen LogP contribution in [0.3, 0.4) is 0 Å². The maximum Gasteiger partial charge on any atom is 0.0337 e. The predicted molar refractivity (Wildman–Crippen MR) is 69.2 cm³/mol. The van der Waals surface area contributed by atoms with Crippen LogP contribution in [0.15, 0.2) is 30.3 Å². The molecule has 15 heavy (non-hydrogen) atoms. The molecule has 1 rings (SSSR count). The summed E-state index contributed by atoms with van der Waals surface area (Å²) in [5.74, 6) is 0. The van der Waals surface area contributed by atoms with Crippen molar-refractivity contribution in [3.63, 3.8) is 0 Å². The van der Waals surface area contributed by atoms with Gasteiger partial charge in [0.25, 0.3) is 0 Å². The summed E-state index contributed by atoms with van der Waals surface area (Å²) in [7, 11) is 1.91. The van der Waals surface area contributed by atoms with Crippen LogP contribution in [0.25, 0.3) is 0 Å². The van der Waals surface area contributed by atoms with E-state index in [1.807, 2.05) is 37.4 Å². The summed E-state index contributed by atoms with van der Waals surface area (Å²) in [6, 6.07) is 10.1. The van der Waals surface area contributed by atoms with Gasteiger partial charge in [-0.15, -0.1) is 0 Å². The maximum atomic E-state index is 5.27. The predicted octanol–water partition coefficient (Wildman–Crippen LogP) is 3.25. The van der Waals surface area contributed by atoms with E-state index in [2.05, 4.69) is 12.2 Å². The Bertz CT molecular complexity index is 205. The molecule has 86 valence electrons. The fourth-order valence-electron chi connectivity index (χ4n) is 1.18. The minimum atomic E-state index is 0.861. The molecule has 0 aromatic heterocycles. The lowest BCUT2D eigenvalue weighted by Crippen LogP contribution is -1.97. The number of benzene rings is 1. The molecule has 2 heteroatoms. The summed E-state index contributed by atoms with van der Waals surface area (Å²) >= 11 is 0. The van der Waals surface area contributed by atoms with E-state index in [0.717, 1.165) is 12.2 Å². The molecule has 3 N–H and O–H groups in total. The number of unbranched alkanes of at least 4 members (excludes halogenated alkanes) is 3. The molecule has 0 amide bonds. The van der Waals surface area contributed by atoms with Gasteiger partial charge in [0, 0.05) is 12.7 Å². The van der Waals surface area contributed by atoms with Crippen LogP contribution in [0.2, 0.25) is 0 Å². The lowest BCUT2D eigenvalue weighted by Gasteiger charge is -1.94. The first kappa shape index (κ1) is 14.0. The number of hydrogen-bond donors (Lipinski definition) is 2. The normalized spacial score (nSPS) is 9.00. The summed E-state index contributed by atoms with van der Waals surface area (Å²) in [4.78, 5) is 0. The van der Waals surface area contributed by atoms with Crippen LogP contribution in [0.5, 0.6) is 0 Å². The van der Waals surface area contributed by atoms with Crippen molar-refractivity contribution in [2.24, 2.45) is 5.73 Å². The molecule has 0 spiro atoms. The molecule has 0 aliphatic heterocycles. The van der Waals surface area contributed by atoms with Gasteiger partial charge in [-0.05, 0) is 25.1 Å². The maximum absolute atomic E-state index is 5.27. The van der Waals surface area contributed by atoms with Crippen LogP contribution in [-0.2, 0) is 0 Å². The third kappa shape index (κ3) is 9.29. The molecule has 0 unspecified atom stereocenters. The van der Waals surface area contributed by atoms with Crippen molar-refractivity contribution in [3.05, 3.63) is 30.3 Å². The first-order valence-corrected chi connectivity index (χ1v) is 5.78. The van der Waals surface area contributed by atoms with E-state index in [1.165, 1.54) is 25.7 Å². The van der Waals surface area contributed by atoms with Gasteiger partial charge in [-0.2, -0.15) is 0 Å². The zero-order valence-corrected chi connectivity index (χ0v) is 10.00. The molecule has 0 saturated heterocycles. The highest BCUT2D eigenvalue weighted by Crippen LogP contribution is 2.01. The molecule has 1 aromatic carbocycles. The molecule has 0 radical (unpaired) electrons. The van der Waals surface area contributed by atoms with Gasteiger partial charge in [-0.1, -0.05) is 44.4 Å². The fraction of sp³-hybridized carbons (Fsp3) is 0.538. The van der Waals surface area contributed by atoms with E-state index in [9.17, 15) is 0 Å². The van der Waals surface area contributed by atoms with Crippen molar-refractivity contribution in [1.82, 2.24) is 0 Å². The highest BCUT2D eigenvalue weighted by molar-refractivity contribution is 5.41. The Morgan fingerprint density at radius 2 is 1.73 bits per heavy atom. The Hall–Kier alpha value is -1.02. The van der Waals surface area contributed by atoms with Gasteiger partial charge in [0.1, 0.15) is 0 Å². The standard InChI is InChI=1S/C7H9N.C6H15N/c1-8-7-5-3-2-4-6-7;1-2-3-4-5-6-7/h2-6,8H,1H3;2-7H2,1H3. The summed E-state index contributed by atoms with van der Waals surface area (Å²) < 4.78 is 0. The number of anilines is 1. The second-order valence-electron chi connectivity index (χ2n) is 3.47. The second-order valence-corrected chi connectivity index (χ2v) is 3.47. The van der Waals surface area contributed by atoms with Crippen LogP contribution in [0.1, 0.15) is 32.6 Å².